The monoisotopic (exact) mass is 417 g/mol. The first kappa shape index (κ1) is 20.5. The van der Waals surface area contributed by atoms with Crippen molar-refractivity contribution in [1.29, 1.82) is 0 Å². The Labute approximate surface area is 180 Å². The van der Waals surface area contributed by atoms with Crippen LogP contribution in [0.2, 0.25) is 0 Å². The maximum atomic E-state index is 13.3. The van der Waals surface area contributed by atoms with Crippen LogP contribution in [0.15, 0.2) is 82.5 Å². The molecule has 4 rings (SSSR count). The van der Waals surface area contributed by atoms with Crippen molar-refractivity contribution in [3.8, 4) is 5.75 Å². The van der Waals surface area contributed by atoms with E-state index in [1.807, 2.05) is 49.4 Å². The molecule has 1 aliphatic rings. The first-order valence-electron chi connectivity index (χ1n) is 10.1. The quantitative estimate of drug-likeness (QED) is 0.561. The van der Waals surface area contributed by atoms with Crippen LogP contribution in [0.4, 0.5) is 0 Å². The lowest BCUT2D eigenvalue weighted by Gasteiger charge is -2.27. The minimum absolute atomic E-state index is 0.00364. The normalized spacial score (nSPS) is 16.1. The molecule has 158 valence electrons. The van der Waals surface area contributed by atoms with E-state index in [1.54, 1.807) is 31.2 Å². The number of carbonyl (C=O) groups excluding carboxylic acids is 2. The van der Waals surface area contributed by atoms with Crippen LogP contribution < -0.4 is 4.74 Å². The number of Topliss-reactive ketones (excluding diaryl/α,β-unsaturated/α-hetero) is 1. The van der Waals surface area contributed by atoms with Gasteiger partial charge in [0.2, 0.25) is 5.78 Å². The van der Waals surface area contributed by atoms with Crippen molar-refractivity contribution < 1.29 is 23.8 Å². The van der Waals surface area contributed by atoms with Crippen LogP contribution in [0.1, 0.15) is 40.4 Å². The number of ketones is 1. The van der Waals surface area contributed by atoms with Crippen LogP contribution in [0, 0.1) is 6.92 Å². The van der Waals surface area contributed by atoms with Gasteiger partial charge in [-0.15, -0.1) is 0 Å². The zero-order valence-corrected chi connectivity index (χ0v) is 17.4. The number of amides is 1. The van der Waals surface area contributed by atoms with Gasteiger partial charge in [0.1, 0.15) is 11.5 Å². The predicted octanol–water partition coefficient (Wildman–Crippen LogP) is 4.77. The third-order valence-electron chi connectivity index (χ3n) is 5.19. The number of furan rings is 1. The molecule has 0 bridgehead atoms. The number of aryl methyl sites for hydroxylation is 1. The zero-order chi connectivity index (χ0) is 22.0. The molecule has 3 aromatic rings. The molecular weight excluding hydrogens is 394 g/mol. The van der Waals surface area contributed by atoms with Crippen molar-refractivity contribution in [2.75, 3.05) is 6.61 Å². The summed E-state index contributed by atoms with van der Waals surface area (Å²) in [6.07, 6.45) is 0. The van der Waals surface area contributed by atoms with Crippen molar-refractivity contribution >= 4 is 11.7 Å². The van der Waals surface area contributed by atoms with Crippen molar-refractivity contribution in [3.05, 3.63) is 101 Å². The van der Waals surface area contributed by atoms with E-state index < -0.39 is 23.5 Å². The Hall–Kier alpha value is -3.80. The van der Waals surface area contributed by atoms with E-state index in [0.29, 0.717) is 23.7 Å². The third kappa shape index (κ3) is 3.97. The van der Waals surface area contributed by atoms with E-state index in [1.165, 1.54) is 4.90 Å². The highest BCUT2D eigenvalue weighted by Crippen LogP contribution is 2.40. The Bertz CT molecular complexity index is 1150. The fourth-order valence-electron chi connectivity index (χ4n) is 3.81. The smallest absolute Gasteiger partial charge is 0.290 e. The van der Waals surface area contributed by atoms with E-state index in [2.05, 4.69) is 0 Å². The molecule has 0 spiro atoms. The van der Waals surface area contributed by atoms with Crippen LogP contribution in [0.3, 0.4) is 0 Å². The van der Waals surface area contributed by atoms with Gasteiger partial charge >= 0.3 is 0 Å². The molecule has 1 aliphatic heterocycles. The number of carbonyl (C=O) groups is 2. The van der Waals surface area contributed by atoms with Gasteiger partial charge in [0.05, 0.1) is 18.2 Å². The highest BCUT2D eigenvalue weighted by molar-refractivity contribution is 6.15. The Morgan fingerprint density at radius 2 is 1.87 bits per heavy atom. The van der Waals surface area contributed by atoms with Gasteiger partial charge in [-0.25, -0.2) is 0 Å². The van der Waals surface area contributed by atoms with Crippen molar-refractivity contribution in [1.82, 2.24) is 4.90 Å². The average Bonchev–Trinajstić information content (AvgIpc) is 3.31. The molecule has 2 aromatic carbocycles. The number of hydrogen-bond acceptors (Lipinski definition) is 5. The SMILES string of the molecule is CCOc1cccc([C@@H]2C(C(=O)c3ccc(C)o3)=C(O)C(=O)N2Cc2ccccc2)c1. The Morgan fingerprint density at radius 3 is 2.55 bits per heavy atom. The molecule has 2 heterocycles. The molecule has 0 saturated heterocycles. The molecule has 6 nitrogen and oxygen atoms in total. The van der Waals surface area contributed by atoms with E-state index in [9.17, 15) is 14.7 Å². The van der Waals surface area contributed by atoms with Gasteiger partial charge in [-0.1, -0.05) is 42.5 Å². The van der Waals surface area contributed by atoms with Crippen LogP contribution in [-0.2, 0) is 11.3 Å². The first-order valence-corrected chi connectivity index (χ1v) is 10.1. The number of aliphatic hydroxyl groups excluding tert-OH is 1. The second-order valence-electron chi connectivity index (χ2n) is 7.33. The lowest BCUT2D eigenvalue weighted by atomic mass is 9.94. The zero-order valence-electron chi connectivity index (χ0n) is 17.4. The Balaban J connectivity index is 1.80. The van der Waals surface area contributed by atoms with Crippen molar-refractivity contribution in [2.24, 2.45) is 0 Å². The predicted molar refractivity (Wildman–Crippen MR) is 115 cm³/mol. The molecular formula is C25H23NO5. The van der Waals surface area contributed by atoms with E-state index >= 15 is 0 Å². The number of ether oxygens (including phenoxy) is 1. The molecule has 0 unspecified atom stereocenters. The summed E-state index contributed by atoms with van der Waals surface area (Å²) in [6, 6.07) is 19.1. The van der Waals surface area contributed by atoms with Crippen LogP contribution in [-0.4, -0.2) is 28.3 Å². The van der Waals surface area contributed by atoms with Crippen molar-refractivity contribution in [2.45, 2.75) is 26.4 Å². The van der Waals surface area contributed by atoms with Gasteiger partial charge in [0, 0.05) is 6.54 Å². The molecule has 6 heteroatoms. The molecule has 0 saturated carbocycles. The number of rotatable bonds is 7. The molecule has 0 aliphatic carbocycles. The minimum Gasteiger partial charge on any atom is -0.503 e. The summed E-state index contributed by atoms with van der Waals surface area (Å²) in [5.74, 6) is -0.382. The third-order valence-corrected chi connectivity index (χ3v) is 5.19. The molecule has 31 heavy (non-hydrogen) atoms. The fraction of sp³-hybridized carbons (Fsp3) is 0.200. The maximum absolute atomic E-state index is 13.3. The summed E-state index contributed by atoms with van der Waals surface area (Å²) in [7, 11) is 0. The molecule has 0 radical (unpaired) electrons. The van der Waals surface area contributed by atoms with E-state index in [4.69, 9.17) is 9.15 Å². The van der Waals surface area contributed by atoms with Crippen LogP contribution in [0.5, 0.6) is 5.75 Å². The topological polar surface area (TPSA) is 80.0 Å². The standard InChI is InChI=1S/C25H23NO5/c1-3-30-19-11-7-10-18(14-19)22-21(23(27)20-13-12-16(2)31-20)24(28)25(29)26(22)15-17-8-5-4-6-9-17/h4-14,22,28H,3,15H2,1-2H3/t22-/m1/s1. The number of aliphatic hydroxyl groups is 1. The van der Waals surface area contributed by atoms with Crippen molar-refractivity contribution in [3.63, 3.8) is 0 Å². The van der Waals surface area contributed by atoms with Crippen LogP contribution >= 0.6 is 0 Å². The summed E-state index contributed by atoms with van der Waals surface area (Å²) in [4.78, 5) is 27.8. The average molecular weight is 417 g/mol. The van der Waals surface area contributed by atoms with Gasteiger partial charge in [0.15, 0.2) is 11.5 Å². The summed E-state index contributed by atoms with van der Waals surface area (Å²) in [5, 5.41) is 10.7. The lowest BCUT2D eigenvalue weighted by molar-refractivity contribution is -0.130. The maximum Gasteiger partial charge on any atom is 0.290 e. The van der Waals surface area contributed by atoms with Gasteiger partial charge < -0.3 is 19.2 Å². The van der Waals surface area contributed by atoms with Gasteiger partial charge in [-0.05, 0) is 49.2 Å². The largest absolute Gasteiger partial charge is 0.503 e. The lowest BCUT2D eigenvalue weighted by Crippen LogP contribution is -2.30. The van der Waals surface area contributed by atoms with Crippen LogP contribution in [0.25, 0.3) is 0 Å². The molecule has 0 fully saturated rings. The minimum atomic E-state index is -0.772. The number of nitrogens with zero attached hydrogens (tertiary/aromatic N) is 1. The highest BCUT2D eigenvalue weighted by Gasteiger charge is 2.44. The summed E-state index contributed by atoms with van der Waals surface area (Å²) in [6.45, 7) is 4.34. The van der Waals surface area contributed by atoms with Gasteiger partial charge in [0.25, 0.3) is 5.91 Å². The second-order valence-corrected chi connectivity index (χ2v) is 7.33. The second kappa shape index (κ2) is 8.52. The fourth-order valence-corrected chi connectivity index (χ4v) is 3.81. The summed E-state index contributed by atoms with van der Waals surface area (Å²) >= 11 is 0. The number of benzene rings is 2. The van der Waals surface area contributed by atoms with Gasteiger partial charge in [-0.2, -0.15) is 0 Å². The summed E-state index contributed by atoms with van der Waals surface area (Å²) in [5.41, 5.74) is 1.56. The van der Waals surface area contributed by atoms with E-state index in [-0.39, 0.29) is 17.9 Å². The molecule has 1 N–H and O–H groups in total. The highest BCUT2D eigenvalue weighted by atomic mass is 16.5. The Kier molecular flexibility index (Phi) is 5.62. The molecule has 1 amide bonds. The summed E-state index contributed by atoms with van der Waals surface area (Å²) < 4.78 is 11.1. The molecule has 1 atom stereocenters. The number of hydrogen-bond donors (Lipinski definition) is 1. The Morgan fingerprint density at radius 1 is 1.10 bits per heavy atom. The first-order chi connectivity index (χ1) is 15.0. The van der Waals surface area contributed by atoms with E-state index in [0.717, 1.165) is 5.56 Å². The molecule has 1 aromatic heterocycles. The van der Waals surface area contributed by atoms with Gasteiger partial charge in [-0.3, -0.25) is 9.59 Å².